The van der Waals surface area contributed by atoms with Gasteiger partial charge in [-0.15, -0.1) is 0 Å². The average Bonchev–Trinajstić information content (AvgIpc) is 2.59. The van der Waals surface area contributed by atoms with Gasteiger partial charge in [-0.1, -0.05) is 44.9 Å². The first kappa shape index (κ1) is 19.0. The summed E-state index contributed by atoms with van der Waals surface area (Å²) in [6.45, 7) is 9.30. The molecule has 0 unspecified atom stereocenters. The Morgan fingerprint density at radius 1 is 1.00 bits per heavy atom. The summed E-state index contributed by atoms with van der Waals surface area (Å²) in [7, 11) is 0. The molecule has 0 aliphatic heterocycles. The Labute approximate surface area is 140 Å². The summed E-state index contributed by atoms with van der Waals surface area (Å²) in [4.78, 5) is 16.5. The average molecular weight is 318 g/mol. The molecule has 3 N–H and O–H groups in total. The van der Waals surface area contributed by atoms with E-state index in [1.54, 1.807) is 0 Å². The number of nitrogens with one attached hydrogen (secondary N) is 3. The van der Waals surface area contributed by atoms with Gasteiger partial charge in [0.1, 0.15) is 0 Å². The van der Waals surface area contributed by atoms with Crippen LogP contribution in [0.15, 0.2) is 35.3 Å². The van der Waals surface area contributed by atoms with Gasteiger partial charge in [-0.3, -0.25) is 9.79 Å². The number of benzene rings is 1. The molecule has 1 rings (SSSR count). The second-order valence-corrected chi connectivity index (χ2v) is 5.45. The first-order chi connectivity index (χ1) is 11.2. The van der Waals surface area contributed by atoms with Crippen LogP contribution in [0.3, 0.4) is 0 Å². The van der Waals surface area contributed by atoms with E-state index in [0.717, 1.165) is 31.9 Å². The van der Waals surface area contributed by atoms with Crippen molar-refractivity contribution in [3.63, 3.8) is 0 Å². The standard InChI is InChI=1S/C18H30N4O/c1-4-15(5-2)14-22-18(19-6-3)21-13-12-20-17(23)16-10-8-7-9-11-16/h7-11,15H,4-6,12-14H2,1-3H3,(H,20,23)(H2,19,21,22). The molecule has 0 atom stereocenters. The topological polar surface area (TPSA) is 65.5 Å². The molecule has 128 valence electrons. The van der Waals surface area contributed by atoms with E-state index in [-0.39, 0.29) is 5.91 Å². The van der Waals surface area contributed by atoms with Crippen LogP contribution >= 0.6 is 0 Å². The normalized spacial score (nSPS) is 11.4. The summed E-state index contributed by atoms with van der Waals surface area (Å²) in [6.07, 6.45) is 2.29. The predicted molar refractivity (Wildman–Crippen MR) is 96.8 cm³/mol. The largest absolute Gasteiger partial charge is 0.357 e. The molecule has 0 aliphatic rings. The van der Waals surface area contributed by atoms with Gasteiger partial charge < -0.3 is 16.0 Å². The lowest BCUT2D eigenvalue weighted by atomic mass is 10.0. The molecule has 1 aromatic rings. The highest BCUT2D eigenvalue weighted by atomic mass is 16.1. The minimum Gasteiger partial charge on any atom is -0.357 e. The number of amides is 1. The van der Waals surface area contributed by atoms with E-state index in [1.807, 2.05) is 37.3 Å². The van der Waals surface area contributed by atoms with Crippen molar-refractivity contribution in [2.45, 2.75) is 33.6 Å². The Morgan fingerprint density at radius 3 is 2.26 bits per heavy atom. The van der Waals surface area contributed by atoms with Crippen LogP contribution in [-0.2, 0) is 0 Å². The summed E-state index contributed by atoms with van der Waals surface area (Å²) < 4.78 is 0. The third-order valence-corrected chi connectivity index (χ3v) is 3.75. The van der Waals surface area contributed by atoms with E-state index in [9.17, 15) is 4.79 Å². The lowest BCUT2D eigenvalue weighted by Gasteiger charge is -2.14. The molecule has 0 fully saturated rings. The minimum atomic E-state index is -0.0497. The van der Waals surface area contributed by atoms with Gasteiger partial charge in [0.05, 0.1) is 0 Å². The van der Waals surface area contributed by atoms with Crippen LogP contribution in [0.25, 0.3) is 0 Å². The predicted octanol–water partition coefficient (Wildman–Crippen LogP) is 2.41. The van der Waals surface area contributed by atoms with Crippen LogP contribution < -0.4 is 16.0 Å². The zero-order valence-corrected chi connectivity index (χ0v) is 14.6. The van der Waals surface area contributed by atoms with E-state index in [1.165, 1.54) is 0 Å². The lowest BCUT2D eigenvalue weighted by Crippen LogP contribution is -2.41. The van der Waals surface area contributed by atoms with Gasteiger partial charge in [0.15, 0.2) is 5.96 Å². The van der Waals surface area contributed by atoms with Gasteiger partial charge in [-0.2, -0.15) is 0 Å². The van der Waals surface area contributed by atoms with E-state index >= 15 is 0 Å². The van der Waals surface area contributed by atoms with Gasteiger partial charge in [0.2, 0.25) is 0 Å². The van der Waals surface area contributed by atoms with Crippen LogP contribution in [0.1, 0.15) is 44.0 Å². The van der Waals surface area contributed by atoms with E-state index in [0.29, 0.717) is 24.6 Å². The molecule has 0 spiro atoms. The molecule has 0 radical (unpaired) electrons. The van der Waals surface area contributed by atoms with Crippen molar-refractivity contribution < 1.29 is 4.79 Å². The molecule has 0 heterocycles. The first-order valence-electron chi connectivity index (χ1n) is 8.56. The summed E-state index contributed by atoms with van der Waals surface area (Å²) in [5.41, 5.74) is 0.682. The van der Waals surface area contributed by atoms with Crippen LogP contribution in [0.5, 0.6) is 0 Å². The number of carbonyl (C=O) groups excluding carboxylic acids is 1. The number of hydrogen-bond acceptors (Lipinski definition) is 2. The number of guanidine groups is 1. The fourth-order valence-corrected chi connectivity index (χ4v) is 2.16. The second-order valence-electron chi connectivity index (χ2n) is 5.45. The SMILES string of the molecule is CCNC(=NCC(CC)CC)NCCNC(=O)c1ccccc1. The van der Waals surface area contributed by atoms with Crippen molar-refractivity contribution in [3.05, 3.63) is 35.9 Å². The molecular formula is C18H30N4O. The van der Waals surface area contributed by atoms with Crippen LogP contribution in [0.2, 0.25) is 0 Å². The Hall–Kier alpha value is -2.04. The van der Waals surface area contributed by atoms with Gasteiger partial charge in [-0.25, -0.2) is 0 Å². The maximum Gasteiger partial charge on any atom is 0.251 e. The summed E-state index contributed by atoms with van der Waals surface area (Å²) in [5.74, 6) is 1.39. The van der Waals surface area contributed by atoms with Crippen molar-refractivity contribution in [1.29, 1.82) is 0 Å². The van der Waals surface area contributed by atoms with Crippen molar-refractivity contribution in [1.82, 2.24) is 16.0 Å². The van der Waals surface area contributed by atoms with Gasteiger partial charge >= 0.3 is 0 Å². The maximum atomic E-state index is 11.9. The third kappa shape index (κ3) is 7.68. The fraction of sp³-hybridized carbons (Fsp3) is 0.556. The number of hydrogen-bond donors (Lipinski definition) is 3. The maximum absolute atomic E-state index is 11.9. The number of carbonyl (C=O) groups is 1. The summed E-state index contributed by atoms with van der Waals surface area (Å²) in [6, 6.07) is 9.24. The monoisotopic (exact) mass is 318 g/mol. The summed E-state index contributed by atoms with van der Waals surface area (Å²) >= 11 is 0. The molecule has 5 nitrogen and oxygen atoms in total. The lowest BCUT2D eigenvalue weighted by molar-refractivity contribution is 0.0954. The van der Waals surface area contributed by atoms with Crippen LogP contribution in [0.4, 0.5) is 0 Å². The third-order valence-electron chi connectivity index (χ3n) is 3.75. The van der Waals surface area contributed by atoms with Crippen molar-refractivity contribution in [2.75, 3.05) is 26.2 Å². The highest BCUT2D eigenvalue weighted by Crippen LogP contribution is 2.06. The zero-order valence-electron chi connectivity index (χ0n) is 14.6. The molecular weight excluding hydrogens is 288 g/mol. The molecule has 23 heavy (non-hydrogen) atoms. The molecule has 0 bridgehead atoms. The molecule has 5 heteroatoms. The summed E-state index contributed by atoms with van der Waals surface area (Å²) in [5, 5.41) is 9.39. The van der Waals surface area contributed by atoms with Gasteiger partial charge in [-0.05, 0) is 25.0 Å². The highest BCUT2D eigenvalue weighted by molar-refractivity contribution is 5.94. The van der Waals surface area contributed by atoms with Crippen LogP contribution in [0, 0.1) is 5.92 Å². The van der Waals surface area contributed by atoms with E-state index < -0.39 is 0 Å². The highest BCUT2D eigenvalue weighted by Gasteiger charge is 2.05. The van der Waals surface area contributed by atoms with E-state index in [4.69, 9.17) is 0 Å². The first-order valence-corrected chi connectivity index (χ1v) is 8.56. The van der Waals surface area contributed by atoms with E-state index in [2.05, 4.69) is 34.8 Å². The molecule has 1 aromatic carbocycles. The fourth-order valence-electron chi connectivity index (χ4n) is 2.16. The Balaban J connectivity index is 2.35. The van der Waals surface area contributed by atoms with Crippen molar-refractivity contribution in [3.8, 4) is 0 Å². The molecule has 0 aliphatic carbocycles. The second kappa shape index (κ2) is 11.5. The number of rotatable bonds is 9. The quantitative estimate of drug-likeness (QED) is 0.372. The molecule has 0 saturated heterocycles. The molecule has 0 saturated carbocycles. The molecule has 1 amide bonds. The minimum absolute atomic E-state index is 0.0497. The van der Waals surface area contributed by atoms with Crippen molar-refractivity contribution >= 4 is 11.9 Å². The Kier molecular flexibility index (Phi) is 9.52. The van der Waals surface area contributed by atoms with Crippen molar-refractivity contribution in [2.24, 2.45) is 10.9 Å². The van der Waals surface area contributed by atoms with Crippen LogP contribution in [-0.4, -0.2) is 38.0 Å². The number of nitrogens with zero attached hydrogens (tertiary/aromatic N) is 1. The Morgan fingerprint density at radius 2 is 1.65 bits per heavy atom. The molecule has 0 aromatic heterocycles. The van der Waals surface area contributed by atoms with Gasteiger partial charge in [0.25, 0.3) is 5.91 Å². The Bertz CT molecular complexity index is 469. The van der Waals surface area contributed by atoms with Gasteiger partial charge in [0, 0.05) is 31.7 Å². The number of aliphatic imine (C=N–C) groups is 1. The smallest absolute Gasteiger partial charge is 0.251 e. The zero-order chi connectivity index (χ0) is 16.9.